The highest BCUT2D eigenvalue weighted by Gasteiger charge is 2.15. The first kappa shape index (κ1) is 17.1. The van der Waals surface area contributed by atoms with Crippen LogP contribution in [0.25, 0.3) is 5.69 Å². The first-order valence-electron chi connectivity index (χ1n) is 7.97. The average molecular weight is 316 g/mol. The van der Waals surface area contributed by atoms with Gasteiger partial charge in [-0.3, -0.25) is 4.79 Å². The Kier molecular flexibility index (Phi) is 6.29. The maximum Gasteiger partial charge on any atom is 0.273 e. The van der Waals surface area contributed by atoms with Crippen molar-refractivity contribution in [2.45, 2.75) is 26.7 Å². The normalized spacial score (nSPS) is 12.3. The standard InChI is InChI=1S/C17H24N4O2/c1-13(2)10-14(8-9-22)11-18-17(23)16-12-21(20-19-16)15-6-4-3-5-7-15/h3-7,12-14,22H,8-11H2,1-2H3,(H,18,23). The molecule has 0 saturated carbocycles. The Bertz CT molecular complexity index is 610. The topological polar surface area (TPSA) is 80.0 Å². The molecule has 124 valence electrons. The lowest BCUT2D eigenvalue weighted by atomic mass is 9.94. The number of rotatable bonds is 8. The van der Waals surface area contributed by atoms with Crippen molar-refractivity contribution in [1.29, 1.82) is 0 Å². The molecule has 0 spiro atoms. The molecule has 2 aromatic rings. The van der Waals surface area contributed by atoms with Gasteiger partial charge in [0.25, 0.3) is 5.91 Å². The number of carbonyl (C=O) groups excluding carboxylic acids is 1. The third kappa shape index (κ3) is 5.17. The Morgan fingerprint density at radius 3 is 2.70 bits per heavy atom. The van der Waals surface area contributed by atoms with Crippen LogP contribution in [0.3, 0.4) is 0 Å². The summed E-state index contributed by atoms with van der Waals surface area (Å²) in [6.45, 7) is 4.95. The van der Waals surface area contributed by atoms with Crippen LogP contribution in [0.2, 0.25) is 0 Å². The van der Waals surface area contributed by atoms with Gasteiger partial charge >= 0.3 is 0 Å². The number of para-hydroxylation sites is 1. The molecule has 6 heteroatoms. The van der Waals surface area contributed by atoms with Crippen LogP contribution in [0.5, 0.6) is 0 Å². The molecule has 1 heterocycles. The molecule has 0 fully saturated rings. The van der Waals surface area contributed by atoms with Crippen molar-refractivity contribution in [1.82, 2.24) is 20.3 Å². The highest BCUT2D eigenvalue weighted by atomic mass is 16.3. The van der Waals surface area contributed by atoms with E-state index in [1.807, 2.05) is 30.3 Å². The van der Waals surface area contributed by atoms with Gasteiger partial charge in [-0.2, -0.15) is 0 Å². The van der Waals surface area contributed by atoms with E-state index < -0.39 is 0 Å². The van der Waals surface area contributed by atoms with E-state index in [1.165, 1.54) is 0 Å². The summed E-state index contributed by atoms with van der Waals surface area (Å²) in [6.07, 6.45) is 3.28. The molecule has 1 atom stereocenters. The number of carbonyl (C=O) groups is 1. The molecule has 1 aromatic carbocycles. The molecule has 2 rings (SSSR count). The number of amides is 1. The lowest BCUT2D eigenvalue weighted by Gasteiger charge is -2.18. The second-order valence-corrected chi connectivity index (χ2v) is 6.10. The summed E-state index contributed by atoms with van der Waals surface area (Å²) in [7, 11) is 0. The Morgan fingerprint density at radius 2 is 2.04 bits per heavy atom. The van der Waals surface area contributed by atoms with Crippen molar-refractivity contribution in [3.63, 3.8) is 0 Å². The van der Waals surface area contributed by atoms with Crippen molar-refractivity contribution in [2.24, 2.45) is 11.8 Å². The zero-order valence-corrected chi connectivity index (χ0v) is 13.6. The first-order chi connectivity index (χ1) is 11.1. The highest BCUT2D eigenvalue weighted by molar-refractivity contribution is 5.91. The maximum absolute atomic E-state index is 12.2. The van der Waals surface area contributed by atoms with Gasteiger partial charge in [-0.25, -0.2) is 4.68 Å². The minimum atomic E-state index is -0.237. The molecule has 0 aliphatic carbocycles. The molecular formula is C17H24N4O2. The van der Waals surface area contributed by atoms with E-state index in [2.05, 4.69) is 29.5 Å². The van der Waals surface area contributed by atoms with E-state index in [9.17, 15) is 4.79 Å². The quantitative estimate of drug-likeness (QED) is 0.781. The van der Waals surface area contributed by atoms with Crippen LogP contribution in [0, 0.1) is 11.8 Å². The Hall–Kier alpha value is -2.21. The van der Waals surface area contributed by atoms with Crippen LogP contribution in [0.15, 0.2) is 36.5 Å². The number of hydrogen-bond acceptors (Lipinski definition) is 4. The van der Waals surface area contributed by atoms with Gasteiger partial charge in [0, 0.05) is 13.2 Å². The number of benzene rings is 1. The third-order valence-corrected chi connectivity index (χ3v) is 3.64. The van der Waals surface area contributed by atoms with Gasteiger partial charge in [-0.1, -0.05) is 37.3 Å². The molecule has 1 amide bonds. The minimum absolute atomic E-state index is 0.136. The Morgan fingerprint density at radius 1 is 1.30 bits per heavy atom. The fourth-order valence-electron chi connectivity index (χ4n) is 2.55. The summed E-state index contributed by atoms with van der Waals surface area (Å²) in [6, 6.07) is 9.53. The minimum Gasteiger partial charge on any atom is -0.396 e. The molecule has 23 heavy (non-hydrogen) atoms. The van der Waals surface area contributed by atoms with Crippen LogP contribution in [0.4, 0.5) is 0 Å². The summed E-state index contributed by atoms with van der Waals surface area (Å²) in [4.78, 5) is 12.2. The van der Waals surface area contributed by atoms with Gasteiger partial charge in [0.15, 0.2) is 5.69 Å². The lowest BCUT2D eigenvalue weighted by molar-refractivity contribution is 0.0936. The molecule has 0 saturated heterocycles. The highest BCUT2D eigenvalue weighted by Crippen LogP contribution is 2.14. The largest absolute Gasteiger partial charge is 0.396 e. The molecule has 0 bridgehead atoms. The smallest absolute Gasteiger partial charge is 0.273 e. The van der Waals surface area contributed by atoms with Crippen LogP contribution < -0.4 is 5.32 Å². The predicted molar refractivity (Wildman–Crippen MR) is 88.3 cm³/mol. The van der Waals surface area contributed by atoms with Crippen LogP contribution >= 0.6 is 0 Å². The summed E-state index contributed by atoms with van der Waals surface area (Å²) >= 11 is 0. The summed E-state index contributed by atoms with van der Waals surface area (Å²) in [5.41, 5.74) is 1.15. The molecule has 0 aliphatic heterocycles. The zero-order chi connectivity index (χ0) is 16.7. The number of aliphatic hydroxyl groups excluding tert-OH is 1. The molecule has 1 unspecified atom stereocenters. The van der Waals surface area contributed by atoms with E-state index in [4.69, 9.17) is 5.11 Å². The lowest BCUT2D eigenvalue weighted by Crippen LogP contribution is -2.30. The maximum atomic E-state index is 12.2. The van der Waals surface area contributed by atoms with Gasteiger partial charge in [0.1, 0.15) is 0 Å². The number of nitrogens with zero attached hydrogens (tertiary/aromatic N) is 3. The molecule has 6 nitrogen and oxygen atoms in total. The predicted octanol–water partition coefficient (Wildman–Crippen LogP) is 2.04. The van der Waals surface area contributed by atoms with Crippen molar-refractivity contribution in [3.05, 3.63) is 42.2 Å². The van der Waals surface area contributed by atoms with Gasteiger partial charge in [-0.05, 0) is 36.8 Å². The molecule has 0 radical (unpaired) electrons. The molecule has 0 aliphatic rings. The Balaban J connectivity index is 1.94. The van der Waals surface area contributed by atoms with Crippen LogP contribution in [-0.4, -0.2) is 39.2 Å². The second kappa shape index (κ2) is 8.43. The summed E-state index contributed by atoms with van der Waals surface area (Å²) < 4.78 is 1.58. The van der Waals surface area contributed by atoms with E-state index >= 15 is 0 Å². The van der Waals surface area contributed by atoms with E-state index in [0.29, 0.717) is 24.6 Å². The average Bonchev–Trinajstić information content (AvgIpc) is 3.03. The van der Waals surface area contributed by atoms with Gasteiger partial charge in [-0.15, -0.1) is 5.10 Å². The molecule has 1 aromatic heterocycles. The van der Waals surface area contributed by atoms with E-state index in [-0.39, 0.29) is 18.4 Å². The zero-order valence-electron chi connectivity index (χ0n) is 13.6. The van der Waals surface area contributed by atoms with Crippen molar-refractivity contribution >= 4 is 5.91 Å². The van der Waals surface area contributed by atoms with Gasteiger partial charge in [0.2, 0.25) is 0 Å². The fourth-order valence-corrected chi connectivity index (χ4v) is 2.55. The number of aliphatic hydroxyl groups is 1. The summed E-state index contributed by atoms with van der Waals surface area (Å²) in [5.74, 6) is 0.564. The Labute approximate surface area is 136 Å². The monoisotopic (exact) mass is 316 g/mol. The summed E-state index contributed by atoms with van der Waals surface area (Å²) in [5, 5.41) is 19.9. The van der Waals surface area contributed by atoms with Crippen molar-refractivity contribution in [2.75, 3.05) is 13.2 Å². The van der Waals surface area contributed by atoms with E-state index in [1.54, 1.807) is 10.9 Å². The van der Waals surface area contributed by atoms with Crippen molar-refractivity contribution < 1.29 is 9.90 Å². The molecular weight excluding hydrogens is 292 g/mol. The van der Waals surface area contributed by atoms with Gasteiger partial charge < -0.3 is 10.4 Å². The SMILES string of the molecule is CC(C)CC(CCO)CNC(=O)c1cn(-c2ccccc2)nn1. The third-order valence-electron chi connectivity index (χ3n) is 3.64. The van der Waals surface area contributed by atoms with Gasteiger partial charge in [0.05, 0.1) is 11.9 Å². The second-order valence-electron chi connectivity index (χ2n) is 6.10. The number of hydrogen-bond donors (Lipinski definition) is 2. The van der Waals surface area contributed by atoms with Crippen LogP contribution in [0.1, 0.15) is 37.2 Å². The molecule has 2 N–H and O–H groups in total. The first-order valence-corrected chi connectivity index (χ1v) is 7.97. The fraction of sp³-hybridized carbons (Fsp3) is 0.471. The van der Waals surface area contributed by atoms with Crippen molar-refractivity contribution in [3.8, 4) is 5.69 Å². The van der Waals surface area contributed by atoms with Crippen LogP contribution in [-0.2, 0) is 0 Å². The number of nitrogens with one attached hydrogen (secondary N) is 1. The van der Waals surface area contributed by atoms with E-state index in [0.717, 1.165) is 12.1 Å². The number of aromatic nitrogens is 3.